The summed E-state index contributed by atoms with van der Waals surface area (Å²) < 4.78 is 5.11. The smallest absolute Gasteiger partial charge is 0.129 e. The fraction of sp³-hybridized carbons (Fsp3) is 0.375. The highest BCUT2D eigenvalue weighted by Gasteiger charge is 1.98. The standard InChI is InChI=1S/C8H12N2O/c1-6-5-10-8(9-2)4-7(6)11-3/h4-5H,1-3H3,(H,9,10). The van der Waals surface area contributed by atoms with Crippen molar-refractivity contribution in [1.82, 2.24) is 4.98 Å². The van der Waals surface area contributed by atoms with E-state index in [-0.39, 0.29) is 0 Å². The molecule has 11 heavy (non-hydrogen) atoms. The number of hydrogen-bond acceptors (Lipinski definition) is 3. The SMILES string of the molecule is CNc1cc(OC)c(C)cn1. The monoisotopic (exact) mass is 152 g/mol. The Balaban J connectivity index is 3.02. The molecule has 0 fully saturated rings. The van der Waals surface area contributed by atoms with Gasteiger partial charge in [-0.3, -0.25) is 0 Å². The van der Waals surface area contributed by atoms with Crippen molar-refractivity contribution < 1.29 is 4.74 Å². The topological polar surface area (TPSA) is 34.1 Å². The second-order valence-electron chi connectivity index (χ2n) is 2.29. The summed E-state index contributed by atoms with van der Waals surface area (Å²) in [6.45, 7) is 1.96. The zero-order chi connectivity index (χ0) is 8.27. The van der Waals surface area contributed by atoms with Crippen molar-refractivity contribution in [2.45, 2.75) is 6.92 Å². The van der Waals surface area contributed by atoms with Crippen molar-refractivity contribution in [2.24, 2.45) is 0 Å². The molecule has 1 heterocycles. The van der Waals surface area contributed by atoms with E-state index >= 15 is 0 Å². The molecule has 0 atom stereocenters. The van der Waals surface area contributed by atoms with Gasteiger partial charge in [-0.15, -0.1) is 0 Å². The van der Waals surface area contributed by atoms with E-state index in [2.05, 4.69) is 10.3 Å². The summed E-state index contributed by atoms with van der Waals surface area (Å²) in [7, 11) is 3.48. The molecule has 0 unspecified atom stereocenters. The van der Waals surface area contributed by atoms with Gasteiger partial charge in [-0.05, 0) is 6.92 Å². The van der Waals surface area contributed by atoms with E-state index in [0.717, 1.165) is 17.1 Å². The summed E-state index contributed by atoms with van der Waals surface area (Å²) in [4.78, 5) is 4.11. The van der Waals surface area contributed by atoms with Crippen LogP contribution in [0.15, 0.2) is 12.3 Å². The Labute approximate surface area is 66.4 Å². The lowest BCUT2D eigenvalue weighted by molar-refractivity contribution is 0.411. The molecular weight excluding hydrogens is 140 g/mol. The lowest BCUT2D eigenvalue weighted by Gasteiger charge is -2.05. The molecule has 0 aliphatic carbocycles. The number of rotatable bonds is 2. The minimum atomic E-state index is 0.826. The predicted octanol–water partition coefficient (Wildman–Crippen LogP) is 1.44. The molecule has 0 spiro atoms. The Bertz CT molecular complexity index is 248. The number of hydrogen-bond donors (Lipinski definition) is 1. The van der Waals surface area contributed by atoms with Crippen LogP contribution >= 0.6 is 0 Å². The first-order valence-electron chi connectivity index (χ1n) is 3.46. The maximum atomic E-state index is 5.11. The van der Waals surface area contributed by atoms with Crippen molar-refractivity contribution >= 4 is 5.82 Å². The van der Waals surface area contributed by atoms with Crippen LogP contribution in [0.25, 0.3) is 0 Å². The third-order valence-corrected chi connectivity index (χ3v) is 1.53. The number of pyridine rings is 1. The van der Waals surface area contributed by atoms with Gasteiger partial charge in [-0.1, -0.05) is 0 Å². The molecule has 0 aliphatic heterocycles. The molecule has 0 aliphatic rings. The number of nitrogens with one attached hydrogen (secondary N) is 1. The van der Waals surface area contributed by atoms with Gasteiger partial charge in [0.1, 0.15) is 11.6 Å². The third-order valence-electron chi connectivity index (χ3n) is 1.53. The number of nitrogens with zero attached hydrogens (tertiary/aromatic N) is 1. The van der Waals surface area contributed by atoms with Gasteiger partial charge in [0.15, 0.2) is 0 Å². The minimum absolute atomic E-state index is 0.826. The molecule has 60 valence electrons. The molecule has 0 saturated carbocycles. The molecule has 0 radical (unpaired) electrons. The van der Waals surface area contributed by atoms with Gasteiger partial charge >= 0.3 is 0 Å². The van der Waals surface area contributed by atoms with E-state index < -0.39 is 0 Å². The van der Waals surface area contributed by atoms with Gasteiger partial charge in [0.05, 0.1) is 7.11 Å². The van der Waals surface area contributed by atoms with Crippen LogP contribution in [0.5, 0.6) is 5.75 Å². The molecular formula is C8H12N2O. The van der Waals surface area contributed by atoms with E-state index in [0.29, 0.717) is 0 Å². The number of ether oxygens (including phenoxy) is 1. The molecule has 0 bridgehead atoms. The Morgan fingerprint density at radius 1 is 1.55 bits per heavy atom. The first kappa shape index (κ1) is 7.85. The van der Waals surface area contributed by atoms with Gasteiger partial charge in [-0.2, -0.15) is 0 Å². The Morgan fingerprint density at radius 2 is 2.27 bits per heavy atom. The van der Waals surface area contributed by atoms with Gasteiger partial charge in [0.25, 0.3) is 0 Å². The van der Waals surface area contributed by atoms with E-state index in [1.54, 1.807) is 13.3 Å². The molecule has 1 N–H and O–H groups in total. The van der Waals surface area contributed by atoms with Crippen LogP contribution in [0.2, 0.25) is 0 Å². The Kier molecular flexibility index (Phi) is 2.31. The zero-order valence-electron chi connectivity index (χ0n) is 7.01. The number of aryl methyl sites for hydroxylation is 1. The van der Waals surface area contributed by atoms with E-state index in [1.165, 1.54) is 0 Å². The largest absolute Gasteiger partial charge is 0.496 e. The van der Waals surface area contributed by atoms with E-state index in [9.17, 15) is 0 Å². The van der Waals surface area contributed by atoms with Crippen LogP contribution < -0.4 is 10.1 Å². The second kappa shape index (κ2) is 3.23. The summed E-state index contributed by atoms with van der Waals surface area (Å²) in [5.74, 6) is 1.69. The molecule has 1 aromatic heterocycles. The molecule has 0 amide bonds. The summed E-state index contributed by atoms with van der Waals surface area (Å²) in [5.41, 5.74) is 1.05. The van der Waals surface area contributed by atoms with Crippen LogP contribution in [0.4, 0.5) is 5.82 Å². The van der Waals surface area contributed by atoms with Crippen molar-refractivity contribution in [3.05, 3.63) is 17.8 Å². The highest BCUT2D eigenvalue weighted by Crippen LogP contribution is 2.18. The fourth-order valence-electron chi connectivity index (χ4n) is 0.862. The lowest BCUT2D eigenvalue weighted by atomic mass is 10.3. The normalized spacial score (nSPS) is 9.36. The molecule has 0 saturated heterocycles. The van der Waals surface area contributed by atoms with Crippen LogP contribution in [-0.4, -0.2) is 19.1 Å². The molecule has 3 heteroatoms. The summed E-state index contributed by atoms with van der Waals surface area (Å²) in [6, 6.07) is 1.87. The number of anilines is 1. The highest BCUT2D eigenvalue weighted by atomic mass is 16.5. The average molecular weight is 152 g/mol. The van der Waals surface area contributed by atoms with E-state index in [1.807, 2.05) is 20.0 Å². The van der Waals surface area contributed by atoms with Gasteiger partial charge in [0.2, 0.25) is 0 Å². The predicted molar refractivity (Wildman–Crippen MR) is 45.1 cm³/mol. The van der Waals surface area contributed by atoms with Gasteiger partial charge in [0, 0.05) is 24.9 Å². The van der Waals surface area contributed by atoms with Crippen LogP contribution in [0.1, 0.15) is 5.56 Å². The Hall–Kier alpha value is -1.25. The minimum Gasteiger partial charge on any atom is -0.496 e. The maximum Gasteiger partial charge on any atom is 0.129 e. The summed E-state index contributed by atoms with van der Waals surface area (Å²) >= 11 is 0. The fourth-order valence-corrected chi connectivity index (χ4v) is 0.862. The van der Waals surface area contributed by atoms with Crippen LogP contribution in [0.3, 0.4) is 0 Å². The first-order chi connectivity index (χ1) is 5.27. The Morgan fingerprint density at radius 3 is 2.82 bits per heavy atom. The van der Waals surface area contributed by atoms with Crippen LogP contribution in [0, 0.1) is 6.92 Å². The van der Waals surface area contributed by atoms with Crippen molar-refractivity contribution in [2.75, 3.05) is 19.5 Å². The summed E-state index contributed by atoms with van der Waals surface area (Å²) in [6.07, 6.45) is 1.78. The molecule has 1 aromatic rings. The molecule has 3 nitrogen and oxygen atoms in total. The highest BCUT2D eigenvalue weighted by molar-refractivity contribution is 5.43. The molecule has 0 aromatic carbocycles. The third kappa shape index (κ3) is 1.61. The van der Waals surface area contributed by atoms with Crippen molar-refractivity contribution in [3.63, 3.8) is 0 Å². The maximum absolute atomic E-state index is 5.11. The zero-order valence-corrected chi connectivity index (χ0v) is 7.01. The molecule has 1 rings (SSSR count). The second-order valence-corrected chi connectivity index (χ2v) is 2.29. The number of aromatic nitrogens is 1. The van der Waals surface area contributed by atoms with Crippen LogP contribution in [-0.2, 0) is 0 Å². The first-order valence-corrected chi connectivity index (χ1v) is 3.46. The van der Waals surface area contributed by atoms with Gasteiger partial charge in [-0.25, -0.2) is 4.98 Å². The number of methoxy groups -OCH3 is 1. The van der Waals surface area contributed by atoms with Gasteiger partial charge < -0.3 is 10.1 Å². The van der Waals surface area contributed by atoms with Crippen molar-refractivity contribution in [1.29, 1.82) is 0 Å². The lowest BCUT2D eigenvalue weighted by Crippen LogP contribution is -1.94. The quantitative estimate of drug-likeness (QED) is 0.696. The van der Waals surface area contributed by atoms with Crippen molar-refractivity contribution in [3.8, 4) is 5.75 Å². The summed E-state index contributed by atoms with van der Waals surface area (Å²) in [5, 5.41) is 2.94. The van der Waals surface area contributed by atoms with E-state index in [4.69, 9.17) is 4.74 Å². The average Bonchev–Trinajstić information content (AvgIpc) is 2.05.